The second-order valence-corrected chi connectivity index (χ2v) is 6.04. The molecule has 2 atom stereocenters. The first-order chi connectivity index (χ1) is 11.8. The summed E-state index contributed by atoms with van der Waals surface area (Å²) in [5.74, 6) is -0.0774. The number of H-pyrrole nitrogens is 1. The quantitative estimate of drug-likeness (QED) is 0.775. The smallest absolute Gasteiger partial charge is 0.253 e. The fraction of sp³-hybridized carbons (Fsp3) is 0.333. The Balaban J connectivity index is 1.55. The Labute approximate surface area is 139 Å². The zero-order valence-corrected chi connectivity index (χ0v) is 13.5. The van der Waals surface area contributed by atoms with E-state index in [4.69, 9.17) is 4.74 Å². The van der Waals surface area contributed by atoms with E-state index in [1.165, 1.54) is 0 Å². The fourth-order valence-electron chi connectivity index (χ4n) is 3.29. The summed E-state index contributed by atoms with van der Waals surface area (Å²) >= 11 is 0. The molecule has 0 spiro atoms. The second-order valence-electron chi connectivity index (χ2n) is 6.04. The van der Waals surface area contributed by atoms with E-state index in [1.807, 2.05) is 54.5 Å². The number of aromatic amines is 1. The number of aromatic nitrogens is 3. The molecule has 3 heterocycles. The highest BCUT2D eigenvalue weighted by Gasteiger charge is 2.32. The first kappa shape index (κ1) is 15.0. The molecule has 6 nitrogen and oxygen atoms in total. The van der Waals surface area contributed by atoms with Crippen molar-refractivity contribution in [1.29, 1.82) is 0 Å². The molecule has 3 aromatic rings. The van der Waals surface area contributed by atoms with Crippen molar-refractivity contribution in [3.05, 3.63) is 54.0 Å². The SMILES string of the molecule is CCn1cc([C@H]2OCC[C@@H]2NC(=O)c2cccc3cc[nH]c23)cn1. The average molecular weight is 324 g/mol. The monoisotopic (exact) mass is 324 g/mol. The van der Waals surface area contributed by atoms with Gasteiger partial charge in [-0.05, 0) is 25.5 Å². The molecule has 0 bridgehead atoms. The minimum Gasteiger partial charge on any atom is -0.371 e. The molecule has 124 valence electrons. The Bertz CT molecular complexity index is 867. The van der Waals surface area contributed by atoms with Crippen molar-refractivity contribution < 1.29 is 9.53 Å². The Morgan fingerprint density at radius 2 is 2.38 bits per heavy atom. The van der Waals surface area contributed by atoms with Crippen LogP contribution in [0.1, 0.15) is 35.4 Å². The number of nitrogens with one attached hydrogen (secondary N) is 2. The minimum atomic E-state index is -0.142. The zero-order chi connectivity index (χ0) is 16.5. The number of fused-ring (bicyclic) bond motifs is 1. The number of para-hydroxylation sites is 1. The van der Waals surface area contributed by atoms with E-state index in [-0.39, 0.29) is 18.1 Å². The molecular formula is C18H20N4O2. The van der Waals surface area contributed by atoms with Gasteiger partial charge in [0.2, 0.25) is 0 Å². The summed E-state index contributed by atoms with van der Waals surface area (Å²) in [6.45, 7) is 3.50. The lowest BCUT2D eigenvalue weighted by atomic mass is 10.0. The number of nitrogens with zero attached hydrogens (tertiary/aromatic N) is 2. The van der Waals surface area contributed by atoms with Gasteiger partial charge < -0.3 is 15.0 Å². The maximum Gasteiger partial charge on any atom is 0.253 e. The number of amides is 1. The van der Waals surface area contributed by atoms with Gasteiger partial charge in [-0.3, -0.25) is 9.48 Å². The van der Waals surface area contributed by atoms with E-state index in [2.05, 4.69) is 15.4 Å². The summed E-state index contributed by atoms with van der Waals surface area (Å²) in [6, 6.07) is 7.65. The normalized spacial score (nSPS) is 20.5. The molecule has 6 heteroatoms. The average Bonchev–Trinajstić information content (AvgIpc) is 3.33. The van der Waals surface area contributed by atoms with E-state index in [1.54, 1.807) is 0 Å². The maximum absolute atomic E-state index is 12.7. The highest BCUT2D eigenvalue weighted by Crippen LogP contribution is 2.29. The largest absolute Gasteiger partial charge is 0.371 e. The Morgan fingerprint density at radius 3 is 3.21 bits per heavy atom. The first-order valence-electron chi connectivity index (χ1n) is 8.27. The van der Waals surface area contributed by atoms with Gasteiger partial charge in [-0.15, -0.1) is 0 Å². The van der Waals surface area contributed by atoms with Gasteiger partial charge in [0.05, 0.1) is 23.3 Å². The summed E-state index contributed by atoms with van der Waals surface area (Å²) in [4.78, 5) is 15.9. The summed E-state index contributed by atoms with van der Waals surface area (Å²) in [7, 11) is 0. The second kappa shape index (κ2) is 6.13. The van der Waals surface area contributed by atoms with Crippen molar-refractivity contribution >= 4 is 16.8 Å². The van der Waals surface area contributed by atoms with Crippen molar-refractivity contribution in [3.8, 4) is 0 Å². The summed E-state index contributed by atoms with van der Waals surface area (Å²) in [5.41, 5.74) is 2.54. The molecule has 1 amide bonds. The molecule has 1 fully saturated rings. The lowest BCUT2D eigenvalue weighted by Gasteiger charge is -2.19. The van der Waals surface area contributed by atoms with Crippen molar-refractivity contribution in [2.45, 2.75) is 32.0 Å². The van der Waals surface area contributed by atoms with Crippen LogP contribution in [0, 0.1) is 0 Å². The molecule has 24 heavy (non-hydrogen) atoms. The summed E-state index contributed by atoms with van der Waals surface area (Å²) in [6.07, 6.45) is 6.32. The van der Waals surface area contributed by atoms with Crippen LogP contribution in [0.5, 0.6) is 0 Å². The number of carbonyl (C=O) groups is 1. The van der Waals surface area contributed by atoms with E-state index >= 15 is 0 Å². The number of ether oxygens (including phenoxy) is 1. The Hall–Kier alpha value is -2.60. The van der Waals surface area contributed by atoms with Gasteiger partial charge in [0.1, 0.15) is 6.10 Å². The number of hydrogen-bond donors (Lipinski definition) is 2. The lowest BCUT2D eigenvalue weighted by Crippen LogP contribution is -2.36. The molecule has 0 saturated carbocycles. The third-order valence-electron chi connectivity index (χ3n) is 4.55. The summed E-state index contributed by atoms with van der Waals surface area (Å²) < 4.78 is 7.71. The number of carbonyl (C=O) groups excluding carboxylic acids is 1. The van der Waals surface area contributed by atoms with Crippen LogP contribution in [0.15, 0.2) is 42.9 Å². The van der Waals surface area contributed by atoms with Gasteiger partial charge in [-0.25, -0.2) is 0 Å². The minimum absolute atomic E-state index is 0.0442. The molecular weight excluding hydrogens is 304 g/mol. The van der Waals surface area contributed by atoms with Crippen LogP contribution in [-0.2, 0) is 11.3 Å². The van der Waals surface area contributed by atoms with Crippen LogP contribution in [-0.4, -0.2) is 33.3 Å². The number of hydrogen-bond acceptors (Lipinski definition) is 3. The topological polar surface area (TPSA) is 71.9 Å². The first-order valence-corrected chi connectivity index (χ1v) is 8.27. The Kier molecular flexibility index (Phi) is 3.82. The van der Waals surface area contributed by atoms with Crippen molar-refractivity contribution in [1.82, 2.24) is 20.1 Å². The van der Waals surface area contributed by atoms with Crippen LogP contribution < -0.4 is 5.32 Å². The molecule has 2 aromatic heterocycles. The molecule has 1 saturated heterocycles. The van der Waals surface area contributed by atoms with Crippen LogP contribution in [0.3, 0.4) is 0 Å². The molecule has 0 radical (unpaired) electrons. The molecule has 1 aliphatic heterocycles. The van der Waals surface area contributed by atoms with Gasteiger partial charge in [-0.2, -0.15) is 5.10 Å². The van der Waals surface area contributed by atoms with Gasteiger partial charge in [0, 0.05) is 36.5 Å². The summed E-state index contributed by atoms with van der Waals surface area (Å²) in [5, 5.41) is 8.47. The highest BCUT2D eigenvalue weighted by molar-refractivity contribution is 6.05. The number of benzene rings is 1. The van der Waals surface area contributed by atoms with E-state index in [0.717, 1.165) is 29.4 Å². The lowest BCUT2D eigenvalue weighted by molar-refractivity contribution is 0.0822. The van der Waals surface area contributed by atoms with Crippen molar-refractivity contribution in [2.75, 3.05) is 6.61 Å². The standard InChI is InChI=1S/C18H20N4O2/c1-2-22-11-13(10-20-22)17-15(7-9-24-17)21-18(23)14-5-3-4-12-6-8-19-16(12)14/h3-6,8,10-11,15,17,19H,2,7,9H2,1H3,(H,21,23)/t15-,17+/m0/s1. The molecule has 1 aromatic carbocycles. The van der Waals surface area contributed by atoms with Gasteiger partial charge in [0.25, 0.3) is 5.91 Å². The molecule has 0 unspecified atom stereocenters. The molecule has 2 N–H and O–H groups in total. The molecule has 0 aliphatic carbocycles. The van der Waals surface area contributed by atoms with Crippen LogP contribution in [0.2, 0.25) is 0 Å². The number of rotatable bonds is 4. The highest BCUT2D eigenvalue weighted by atomic mass is 16.5. The zero-order valence-electron chi connectivity index (χ0n) is 13.5. The van der Waals surface area contributed by atoms with Crippen LogP contribution in [0.25, 0.3) is 10.9 Å². The molecule has 1 aliphatic rings. The van der Waals surface area contributed by atoms with Gasteiger partial charge in [-0.1, -0.05) is 12.1 Å². The van der Waals surface area contributed by atoms with E-state index < -0.39 is 0 Å². The van der Waals surface area contributed by atoms with Gasteiger partial charge >= 0.3 is 0 Å². The third-order valence-corrected chi connectivity index (χ3v) is 4.55. The van der Waals surface area contributed by atoms with Crippen LogP contribution in [0.4, 0.5) is 0 Å². The van der Waals surface area contributed by atoms with Crippen molar-refractivity contribution in [2.24, 2.45) is 0 Å². The van der Waals surface area contributed by atoms with Crippen LogP contribution >= 0.6 is 0 Å². The third kappa shape index (κ3) is 2.59. The predicted octanol–water partition coefficient (Wildman–Crippen LogP) is 2.64. The molecule has 4 rings (SSSR count). The fourth-order valence-corrected chi connectivity index (χ4v) is 3.29. The predicted molar refractivity (Wildman–Crippen MR) is 90.8 cm³/mol. The maximum atomic E-state index is 12.7. The van der Waals surface area contributed by atoms with E-state index in [9.17, 15) is 4.79 Å². The van der Waals surface area contributed by atoms with Gasteiger partial charge in [0.15, 0.2) is 0 Å². The number of aryl methyl sites for hydroxylation is 1. The Morgan fingerprint density at radius 1 is 1.46 bits per heavy atom. The van der Waals surface area contributed by atoms with E-state index in [0.29, 0.717) is 12.2 Å². The van der Waals surface area contributed by atoms with Crippen molar-refractivity contribution in [3.63, 3.8) is 0 Å².